The van der Waals surface area contributed by atoms with Crippen LogP contribution in [-0.4, -0.2) is 22.3 Å². The van der Waals surface area contributed by atoms with Crippen molar-refractivity contribution in [2.75, 3.05) is 13.1 Å². The van der Waals surface area contributed by atoms with Crippen molar-refractivity contribution in [2.24, 2.45) is 0 Å². The van der Waals surface area contributed by atoms with E-state index in [0.717, 1.165) is 13.1 Å². The van der Waals surface area contributed by atoms with Crippen molar-refractivity contribution in [3.05, 3.63) is 0 Å². The molecule has 0 aromatic rings. The van der Waals surface area contributed by atoms with E-state index >= 15 is 0 Å². The van der Waals surface area contributed by atoms with Gasteiger partial charge in [0.2, 0.25) is 0 Å². The maximum atomic E-state index is 4.93. The standard InChI is InChI=1S/C9H19NS2.Cu/c1-3-5-6-7-8-10(4-2)9(11)12;/h3-8H2,1-2H3,(H,11,12);/q;+1/p-1. The van der Waals surface area contributed by atoms with E-state index in [0.29, 0.717) is 4.32 Å². The van der Waals surface area contributed by atoms with Crippen molar-refractivity contribution in [2.45, 2.75) is 39.5 Å². The number of nitrogens with zero attached hydrogens (tertiary/aromatic N) is 1. The molecule has 0 aliphatic rings. The normalized spacial score (nSPS) is 9.08. The quantitative estimate of drug-likeness (QED) is 0.315. The van der Waals surface area contributed by atoms with Crippen LogP contribution in [0.5, 0.6) is 0 Å². The van der Waals surface area contributed by atoms with Gasteiger partial charge in [-0.15, -0.1) is 0 Å². The molecule has 0 aliphatic heterocycles. The summed E-state index contributed by atoms with van der Waals surface area (Å²) in [5, 5.41) is 0. The first kappa shape index (κ1) is 16.1. The Labute approximate surface area is 104 Å². The average molecular weight is 268 g/mol. The van der Waals surface area contributed by atoms with Crippen LogP contribution in [0.1, 0.15) is 39.5 Å². The molecule has 0 N–H and O–H groups in total. The third-order valence-corrected chi connectivity index (χ3v) is 2.44. The van der Waals surface area contributed by atoms with E-state index in [2.05, 4.69) is 18.7 Å². The zero-order valence-electron chi connectivity index (χ0n) is 8.31. The van der Waals surface area contributed by atoms with Crippen molar-refractivity contribution >= 4 is 29.2 Å². The van der Waals surface area contributed by atoms with Crippen LogP contribution in [0.3, 0.4) is 0 Å². The molecule has 82 valence electrons. The summed E-state index contributed by atoms with van der Waals surface area (Å²) in [6, 6.07) is 0. The molecular formula is C9H18CuNS2. The Kier molecular flexibility index (Phi) is 13.2. The maximum Gasteiger partial charge on any atom is 1.00 e. The Bertz CT molecular complexity index is 131. The van der Waals surface area contributed by atoms with Crippen LogP contribution in [-0.2, 0) is 29.7 Å². The van der Waals surface area contributed by atoms with Crippen LogP contribution in [0.15, 0.2) is 0 Å². The van der Waals surface area contributed by atoms with Crippen LogP contribution in [0, 0.1) is 0 Å². The summed E-state index contributed by atoms with van der Waals surface area (Å²) >= 11 is 9.87. The number of thiocarbonyl (C=S) groups is 1. The van der Waals surface area contributed by atoms with E-state index in [1.54, 1.807) is 0 Å². The smallest absolute Gasteiger partial charge is 0.411 e. The molecule has 0 amide bonds. The van der Waals surface area contributed by atoms with E-state index in [1.165, 1.54) is 25.7 Å². The Morgan fingerprint density at radius 1 is 1.23 bits per heavy atom. The fraction of sp³-hybridized carbons (Fsp3) is 0.889. The zero-order chi connectivity index (χ0) is 9.40. The molecule has 0 aromatic heterocycles. The topological polar surface area (TPSA) is 3.24 Å². The molecule has 0 heterocycles. The minimum atomic E-state index is 0. The fourth-order valence-electron chi connectivity index (χ4n) is 1.11. The van der Waals surface area contributed by atoms with Gasteiger partial charge in [-0.2, -0.15) is 0 Å². The number of hydrogen-bond donors (Lipinski definition) is 0. The molecule has 0 fully saturated rings. The minimum absolute atomic E-state index is 0. The number of hydrogen-bond acceptors (Lipinski definition) is 2. The van der Waals surface area contributed by atoms with Gasteiger partial charge in [0, 0.05) is 13.1 Å². The molecular weight excluding hydrogens is 250 g/mol. The molecule has 0 aliphatic carbocycles. The van der Waals surface area contributed by atoms with Crippen LogP contribution < -0.4 is 0 Å². The predicted molar refractivity (Wildman–Crippen MR) is 61.4 cm³/mol. The van der Waals surface area contributed by atoms with Crippen LogP contribution in [0.4, 0.5) is 0 Å². The van der Waals surface area contributed by atoms with Crippen molar-refractivity contribution in [3.63, 3.8) is 0 Å². The number of rotatable bonds is 6. The SMILES string of the molecule is CCCCCCN(CC)C(=S)[S-].[Cu+]. The van der Waals surface area contributed by atoms with E-state index < -0.39 is 0 Å². The molecule has 0 atom stereocenters. The third-order valence-electron chi connectivity index (χ3n) is 1.92. The van der Waals surface area contributed by atoms with Crippen molar-refractivity contribution in [1.29, 1.82) is 0 Å². The van der Waals surface area contributed by atoms with Gasteiger partial charge in [0.15, 0.2) is 0 Å². The van der Waals surface area contributed by atoms with Crippen molar-refractivity contribution in [1.82, 2.24) is 4.90 Å². The molecule has 0 saturated carbocycles. The van der Waals surface area contributed by atoms with Gasteiger partial charge < -0.3 is 29.7 Å². The second-order valence-corrected chi connectivity index (χ2v) is 3.94. The minimum Gasteiger partial charge on any atom is -0.411 e. The molecule has 0 unspecified atom stereocenters. The van der Waals surface area contributed by atoms with E-state index in [4.69, 9.17) is 24.8 Å². The first-order valence-corrected chi connectivity index (χ1v) is 5.50. The summed E-state index contributed by atoms with van der Waals surface area (Å²) < 4.78 is 0.619. The van der Waals surface area contributed by atoms with Gasteiger partial charge in [-0.25, -0.2) is 0 Å². The van der Waals surface area contributed by atoms with Crippen LogP contribution >= 0.6 is 12.2 Å². The molecule has 0 saturated heterocycles. The molecule has 0 rings (SSSR count). The Morgan fingerprint density at radius 2 is 1.85 bits per heavy atom. The van der Waals surface area contributed by atoms with E-state index in [9.17, 15) is 0 Å². The third kappa shape index (κ3) is 8.95. The molecule has 0 bridgehead atoms. The van der Waals surface area contributed by atoms with E-state index in [1.807, 2.05) is 0 Å². The van der Waals surface area contributed by atoms with Gasteiger partial charge in [-0.05, 0) is 13.3 Å². The van der Waals surface area contributed by atoms with Crippen molar-refractivity contribution < 1.29 is 17.1 Å². The summed E-state index contributed by atoms with van der Waals surface area (Å²) in [6.45, 7) is 6.31. The second-order valence-electron chi connectivity index (χ2n) is 2.91. The van der Waals surface area contributed by atoms with Crippen molar-refractivity contribution in [3.8, 4) is 0 Å². The molecule has 0 radical (unpaired) electrons. The molecule has 0 aromatic carbocycles. The Balaban J connectivity index is 0. The van der Waals surface area contributed by atoms with Gasteiger partial charge in [0.1, 0.15) is 0 Å². The summed E-state index contributed by atoms with van der Waals surface area (Å²) in [4.78, 5) is 2.08. The first-order chi connectivity index (χ1) is 5.72. The molecule has 0 spiro atoms. The van der Waals surface area contributed by atoms with Gasteiger partial charge in [-0.3, -0.25) is 0 Å². The molecule has 13 heavy (non-hydrogen) atoms. The zero-order valence-corrected chi connectivity index (χ0v) is 10.9. The summed E-state index contributed by atoms with van der Waals surface area (Å²) in [6.07, 6.45) is 5.12. The largest absolute Gasteiger partial charge is 1.00 e. The predicted octanol–water partition coefficient (Wildman–Crippen LogP) is 2.72. The van der Waals surface area contributed by atoms with E-state index in [-0.39, 0.29) is 17.1 Å². The average Bonchev–Trinajstić information content (AvgIpc) is 2.04. The second kappa shape index (κ2) is 10.7. The van der Waals surface area contributed by atoms with Crippen LogP contribution in [0.2, 0.25) is 0 Å². The van der Waals surface area contributed by atoms with Gasteiger partial charge in [-0.1, -0.05) is 30.5 Å². The first-order valence-electron chi connectivity index (χ1n) is 4.68. The maximum absolute atomic E-state index is 4.93. The summed E-state index contributed by atoms with van der Waals surface area (Å²) in [5.41, 5.74) is 0. The molecule has 4 heteroatoms. The Hall–Kier alpha value is 0.629. The summed E-state index contributed by atoms with van der Waals surface area (Å²) in [7, 11) is 0. The van der Waals surface area contributed by atoms with Crippen LogP contribution in [0.25, 0.3) is 0 Å². The Morgan fingerprint density at radius 3 is 2.23 bits per heavy atom. The monoisotopic (exact) mass is 267 g/mol. The summed E-state index contributed by atoms with van der Waals surface area (Å²) in [5.74, 6) is 0. The number of unbranched alkanes of at least 4 members (excludes halogenated alkanes) is 3. The fourth-order valence-corrected chi connectivity index (χ4v) is 1.55. The van der Waals surface area contributed by atoms with Gasteiger partial charge >= 0.3 is 17.1 Å². The van der Waals surface area contributed by atoms with Gasteiger partial charge in [0.05, 0.1) is 0 Å². The molecule has 1 nitrogen and oxygen atoms in total. The van der Waals surface area contributed by atoms with Gasteiger partial charge in [0.25, 0.3) is 0 Å².